The lowest BCUT2D eigenvalue weighted by Crippen LogP contribution is -2.30. The van der Waals surface area contributed by atoms with Crippen molar-refractivity contribution in [2.45, 2.75) is 228 Å². The number of carboxylic acids is 1. The van der Waals surface area contributed by atoms with Crippen LogP contribution in [0.1, 0.15) is 154 Å². The van der Waals surface area contributed by atoms with Gasteiger partial charge in [0.15, 0.2) is 5.78 Å². The van der Waals surface area contributed by atoms with E-state index >= 15 is 0 Å². The predicted molar refractivity (Wildman–Crippen MR) is 278 cm³/mol. The second-order valence-corrected chi connectivity index (χ2v) is 24.1. The molecule has 17 heteroatoms. The summed E-state index contributed by atoms with van der Waals surface area (Å²) in [4.78, 5) is 63.1. The Balaban J connectivity index is 0. The van der Waals surface area contributed by atoms with E-state index in [1.165, 1.54) is 44.3 Å². The van der Waals surface area contributed by atoms with E-state index in [2.05, 4.69) is 39.0 Å². The van der Waals surface area contributed by atoms with Crippen LogP contribution in [0.25, 0.3) is 0 Å². The minimum absolute atomic E-state index is 0.0706. The number of hydrogen-bond donors (Lipinski definition) is 1. The van der Waals surface area contributed by atoms with Gasteiger partial charge in [0, 0.05) is 31.4 Å². The molecule has 5 rings (SSSR count). The maximum absolute atomic E-state index is 11.3. The topological polar surface area (TPSA) is 206 Å². The van der Waals surface area contributed by atoms with Gasteiger partial charge in [-0.15, -0.1) is 0 Å². The monoisotopic (exact) mass is 1030 g/mol. The zero-order valence-electron chi connectivity index (χ0n) is 46.3. The summed E-state index contributed by atoms with van der Waals surface area (Å²) >= 11 is 0. The molecule has 9 atom stereocenters. The van der Waals surface area contributed by atoms with Gasteiger partial charge < -0.3 is 52.2 Å². The van der Waals surface area contributed by atoms with E-state index < -0.39 is 14.3 Å². The van der Waals surface area contributed by atoms with Crippen LogP contribution in [0, 0.1) is 11.8 Å². The summed E-state index contributed by atoms with van der Waals surface area (Å²) in [5.41, 5.74) is 2.47. The first-order valence-electron chi connectivity index (χ1n) is 25.3. The lowest BCUT2D eigenvalue weighted by Gasteiger charge is -2.31. The number of aldehydes is 1. The highest BCUT2D eigenvalue weighted by Gasteiger charge is 2.27. The number of esters is 2. The number of rotatable bonds is 10. The van der Waals surface area contributed by atoms with Crippen LogP contribution in [-0.2, 0) is 71.1 Å². The number of hydrogen-bond acceptors (Lipinski definition) is 15. The fourth-order valence-corrected chi connectivity index (χ4v) is 9.07. The third-order valence-corrected chi connectivity index (χ3v) is 11.2. The Morgan fingerprint density at radius 3 is 1.45 bits per heavy atom. The van der Waals surface area contributed by atoms with Crippen LogP contribution in [-0.4, -0.2) is 125 Å². The van der Waals surface area contributed by atoms with Gasteiger partial charge in [-0.05, 0) is 166 Å². The molecule has 0 bridgehead atoms. The second kappa shape index (κ2) is 39.4. The van der Waals surface area contributed by atoms with Crippen LogP contribution in [0.5, 0.6) is 0 Å². The zero-order chi connectivity index (χ0) is 54.7. The van der Waals surface area contributed by atoms with Gasteiger partial charge >= 0.3 is 23.9 Å². The Kier molecular flexibility index (Phi) is 38.2. The van der Waals surface area contributed by atoms with Gasteiger partial charge in [0.05, 0.1) is 87.8 Å². The lowest BCUT2D eigenvalue weighted by molar-refractivity contribution is -0.146. The number of carbonyl (C=O) groups is 6. The molecule has 71 heavy (non-hydrogen) atoms. The SMILES string of the molecule is C=C1C[C@@H](C)O[C@H](C)C1.CC1CC(=O)C=CO1.CC=O.CCOC(=O)C=C1C[C@@H](C)O[C@H](C)C1.CCOC(=O)CC1C[C@@H](C)O[C@H](C)C1.CO/C=C/C(=O)O[Si](C)(C)C.C[C@@H]1CC(CC(=O)O)C[C@@H](C)O1. The molecule has 4 saturated heterocycles. The van der Waals surface area contributed by atoms with Gasteiger partial charge in [-0.1, -0.05) is 17.7 Å². The number of allylic oxidation sites excluding steroid dienone is 1. The van der Waals surface area contributed by atoms with Crippen molar-refractivity contribution >= 4 is 44.3 Å². The van der Waals surface area contributed by atoms with Crippen LogP contribution in [0.4, 0.5) is 0 Å². The first kappa shape index (κ1) is 68.9. The molecule has 1 unspecified atom stereocenters. The normalized spacial score (nSPS) is 27.7. The number of ketones is 1. The lowest BCUT2D eigenvalue weighted by atomic mass is 9.90. The molecule has 0 aliphatic carbocycles. The molecule has 4 fully saturated rings. The third kappa shape index (κ3) is 41.1. The maximum Gasteiger partial charge on any atom is 0.330 e. The molecule has 0 amide bonds. The number of carboxylic acid groups (broad SMARTS) is 1. The molecule has 0 spiro atoms. The summed E-state index contributed by atoms with van der Waals surface area (Å²) in [6.45, 7) is 34.0. The van der Waals surface area contributed by atoms with Gasteiger partial charge in [-0.2, -0.15) is 0 Å². The Morgan fingerprint density at radius 2 is 1.10 bits per heavy atom. The van der Waals surface area contributed by atoms with Crippen molar-refractivity contribution < 1.29 is 76.2 Å². The minimum atomic E-state index is -1.73. The van der Waals surface area contributed by atoms with E-state index in [1.807, 2.05) is 68.1 Å². The molecule has 5 aliphatic rings. The summed E-state index contributed by atoms with van der Waals surface area (Å²) in [7, 11) is -0.242. The molecule has 16 nitrogen and oxygen atoms in total. The van der Waals surface area contributed by atoms with E-state index in [0.717, 1.165) is 63.2 Å². The highest BCUT2D eigenvalue weighted by molar-refractivity contribution is 6.71. The molecule has 0 radical (unpaired) electrons. The largest absolute Gasteiger partial charge is 0.517 e. The van der Waals surface area contributed by atoms with Gasteiger partial charge in [0.25, 0.3) is 0 Å². The molecule has 5 aliphatic heterocycles. The van der Waals surface area contributed by atoms with E-state index in [1.54, 1.807) is 6.08 Å². The number of aliphatic carboxylic acids is 1. The van der Waals surface area contributed by atoms with Crippen molar-refractivity contribution in [3.05, 3.63) is 48.5 Å². The van der Waals surface area contributed by atoms with Crippen molar-refractivity contribution in [3.8, 4) is 0 Å². The maximum atomic E-state index is 11.3. The standard InChI is InChI=1S/C11H20O3.C11H18O3.C9H16O3.C8H14O.C7H14O3Si.C6H8O2.C2H4O/c2*1-4-13-11(12)7-10-5-8(2)14-9(3)6-10;1-6-3-8(5-9(10)11)4-7(2)12-6;1-6-4-7(2)9-8(3)5-6;1-9-6-5-7(8)10-11(2,3)4;1-5-4-6(7)2-3-8-5;1-2-3/h8-10H,4-7H2,1-3H3;7-9H,4-6H2,1-3H3;6-8H,3-5H2,1-2H3,(H,10,11);7-8H,1,4-5H2,2-3H3;5-6H,1-4H3;2-3,5H,4H2,1H3;2H,1H3/b;;;;6-5+;;/t2*8-,9-;6-,7-;7-,8-;;;/m1111.../s1. The molecule has 0 aromatic rings. The van der Waals surface area contributed by atoms with E-state index in [4.69, 9.17) is 47.5 Å². The molecule has 410 valence electrons. The van der Waals surface area contributed by atoms with Crippen LogP contribution in [0.15, 0.2) is 48.5 Å². The van der Waals surface area contributed by atoms with Crippen molar-refractivity contribution in [2.75, 3.05) is 20.3 Å². The van der Waals surface area contributed by atoms with Crippen LogP contribution in [0.3, 0.4) is 0 Å². The molecule has 0 aromatic carbocycles. The van der Waals surface area contributed by atoms with Crippen LogP contribution >= 0.6 is 0 Å². The molecular formula is C54H94O16Si. The minimum Gasteiger partial charge on any atom is -0.517 e. The number of carbonyl (C=O) groups excluding carboxylic acids is 5. The van der Waals surface area contributed by atoms with Crippen molar-refractivity contribution in [2.24, 2.45) is 11.8 Å². The first-order valence-corrected chi connectivity index (χ1v) is 28.7. The molecule has 0 saturated carbocycles. The summed E-state index contributed by atoms with van der Waals surface area (Å²) in [6, 6.07) is 0. The average molecular weight is 1030 g/mol. The van der Waals surface area contributed by atoms with E-state index in [-0.39, 0.29) is 72.8 Å². The van der Waals surface area contributed by atoms with Crippen LogP contribution < -0.4 is 0 Å². The predicted octanol–water partition coefficient (Wildman–Crippen LogP) is 10.6. The molecule has 0 aromatic heterocycles. The average Bonchev–Trinajstić information content (AvgIpc) is 3.19. The van der Waals surface area contributed by atoms with E-state index in [0.29, 0.717) is 50.1 Å². The molecule has 1 N–H and O–H groups in total. The molecule has 5 heterocycles. The van der Waals surface area contributed by atoms with Gasteiger partial charge in [-0.3, -0.25) is 14.4 Å². The van der Waals surface area contributed by atoms with Gasteiger partial charge in [0.2, 0.25) is 8.32 Å². The summed E-state index contributed by atoms with van der Waals surface area (Å²) in [5.74, 6) is -0.423. The summed E-state index contributed by atoms with van der Waals surface area (Å²) in [5, 5.41) is 8.60. The van der Waals surface area contributed by atoms with Crippen LogP contribution in [0.2, 0.25) is 19.6 Å². The Bertz CT molecular complexity index is 1590. The smallest absolute Gasteiger partial charge is 0.330 e. The number of ether oxygens (including phenoxy) is 8. The Labute approximate surface area is 428 Å². The van der Waals surface area contributed by atoms with E-state index in [9.17, 15) is 24.0 Å². The Morgan fingerprint density at radius 1 is 0.676 bits per heavy atom. The fraction of sp³-hybridized carbons (Fsp3) is 0.741. The second-order valence-electron chi connectivity index (χ2n) is 19.7. The van der Waals surface area contributed by atoms with Crippen molar-refractivity contribution in [1.29, 1.82) is 0 Å². The highest BCUT2D eigenvalue weighted by atomic mass is 28.4. The van der Waals surface area contributed by atoms with Crippen molar-refractivity contribution in [1.82, 2.24) is 0 Å². The first-order chi connectivity index (χ1) is 33.1. The third-order valence-electron chi connectivity index (χ3n) is 10.4. The van der Waals surface area contributed by atoms with Crippen molar-refractivity contribution in [3.63, 3.8) is 0 Å². The summed E-state index contributed by atoms with van der Waals surface area (Å²) < 4.78 is 46.5. The van der Waals surface area contributed by atoms with Gasteiger partial charge in [0.1, 0.15) is 12.4 Å². The summed E-state index contributed by atoms with van der Waals surface area (Å²) in [6.07, 6.45) is 19.0. The Hall–Kier alpha value is -4.16. The number of methoxy groups -OCH3 is 1. The zero-order valence-corrected chi connectivity index (χ0v) is 47.3. The van der Waals surface area contributed by atoms with Gasteiger partial charge in [-0.25, -0.2) is 9.59 Å². The highest BCUT2D eigenvalue weighted by Crippen LogP contribution is 2.29. The molecular weight excluding hydrogens is 933 g/mol. The fourth-order valence-electron chi connectivity index (χ4n) is 8.40. The quantitative estimate of drug-likeness (QED) is 0.0539.